The first-order valence-corrected chi connectivity index (χ1v) is 7.02. The molecule has 2 aromatic rings. The van der Waals surface area contributed by atoms with Gasteiger partial charge in [-0.2, -0.15) is 4.98 Å². The average Bonchev–Trinajstić information content (AvgIpc) is 2.92. The Kier molecular flexibility index (Phi) is 5.31. The van der Waals surface area contributed by atoms with Crippen LogP contribution in [0.3, 0.4) is 0 Å². The van der Waals surface area contributed by atoms with Crippen LogP contribution in [-0.4, -0.2) is 27.8 Å². The minimum absolute atomic E-state index is 0.108. The van der Waals surface area contributed by atoms with Crippen LogP contribution < -0.4 is 4.90 Å². The Hall–Kier alpha value is -2.37. The molecule has 6 heteroatoms. The van der Waals surface area contributed by atoms with Crippen molar-refractivity contribution in [2.75, 3.05) is 11.4 Å². The number of nitrogens with zero attached hydrogens (tertiary/aromatic N) is 3. The molecule has 0 saturated carbocycles. The van der Waals surface area contributed by atoms with Crippen LogP contribution >= 0.6 is 0 Å². The Balaban J connectivity index is 2.08. The molecule has 0 fully saturated rings. The van der Waals surface area contributed by atoms with Gasteiger partial charge in [-0.25, -0.2) is 0 Å². The van der Waals surface area contributed by atoms with Gasteiger partial charge in [0, 0.05) is 12.1 Å². The van der Waals surface area contributed by atoms with Crippen LogP contribution in [0, 0.1) is 0 Å². The summed E-state index contributed by atoms with van der Waals surface area (Å²) in [6, 6.07) is 9.35. The van der Waals surface area contributed by atoms with Gasteiger partial charge in [0.1, 0.15) is 6.54 Å². The Morgan fingerprint density at radius 2 is 2.10 bits per heavy atom. The van der Waals surface area contributed by atoms with Crippen LogP contribution in [0.1, 0.15) is 31.5 Å². The molecule has 0 saturated heterocycles. The SMILES string of the molecule is CCCCc1nc(CN(CC(=O)O)c2ccccc2)no1. The highest BCUT2D eigenvalue weighted by Crippen LogP contribution is 2.15. The maximum Gasteiger partial charge on any atom is 0.323 e. The van der Waals surface area contributed by atoms with Gasteiger partial charge in [-0.05, 0) is 18.6 Å². The van der Waals surface area contributed by atoms with Crippen molar-refractivity contribution in [1.82, 2.24) is 10.1 Å². The normalized spacial score (nSPS) is 10.5. The Morgan fingerprint density at radius 3 is 2.76 bits per heavy atom. The summed E-state index contributed by atoms with van der Waals surface area (Å²) in [6.07, 6.45) is 2.82. The summed E-state index contributed by atoms with van der Waals surface area (Å²) in [6.45, 7) is 2.30. The first kappa shape index (κ1) is 15.0. The summed E-state index contributed by atoms with van der Waals surface area (Å²) in [7, 11) is 0. The summed E-state index contributed by atoms with van der Waals surface area (Å²) < 4.78 is 5.17. The maximum atomic E-state index is 11.0. The quantitative estimate of drug-likeness (QED) is 0.804. The zero-order chi connectivity index (χ0) is 15.1. The van der Waals surface area contributed by atoms with E-state index in [2.05, 4.69) is 17.1 Å². The van der Waals surface area contributed by atoms with E-state index in [0.29, 0.717) is 18.3 Å². The fourth-order valence-electron chi connectivity index (χ4n) is 2.00. The van der Waals surface area contributed by atoms with Gasteiger partial charge in [0.05, 0.1) is 6.54 Å². The molecule has 0 amide bonds. The number of anilines is 1. The number of aliphatic carboxylic acids is 1. The molecule has 0 spiro atoms. The molecule has 0 aliphatic carbocycles. The Bertz CT molecular complexity index is 569. The molecule has 0 bridgehead atoms. The number of carbonyl (C=O) groups is 1. The van der Waals surface area contributed by atoms with Crippen molar-refractivity contribution in [2.24, 2.45) is 0 Å². The molecule has 112 valence electrons. The topological polar surface area (TPSA) is 79.5 Å². The predicted octanol–water partition coefficient (Wildman–Crippen LogP) is 2.50. The molecule has 0 radical (unpaired) electrons. The number of hydrogen-bond donors (Lipinski definition) is 1. The van der Waals surface area contributed by atoms with E-state index in [1.807, 2.05) is 30.3 Å². The number of unbranched alkanes of at least 4 members (excludes halogenated alkanes) is 1. The molecule has 2 rings (SSSR count). The van der Waals surface area contributed by atoms with Gasteiger partial charge in [0.15, 0.2) is 5.82 Å². The monoisotopic (exact) mass is 289 g/mol. The lowest BCUT2D eigenvalue weighted by Crippen LogP contribution is -2.29. The van der Waals surface area contributed by atoms with E-state index in [1.54, 1.807) is 4.90 Å². The van der Waals surface area contributed by atoms with Crippen LogP contribution in [0.5, 0.6) is 0 Å². The third kappa shape index (κ3) is 4.59. The van der Waals surface area contributed by atoms with Crippen LogP contribution in [0.15, 0.2) is 34.9 Å². The van der Waals surface area contributed by atoms with E-state index in [9.17, 15) is 4.79 Å². The molecule has 1 aromatic heterocycles. The van der Waals surface area contributed by atoms with Gasteiger partial charge in [-0.1, -0.05) is 36.7 Å². The minimum atomic E-state index is -0.895. The second-order valence-corrected chi connectivity index (χ2v) is 4.79. The van der Waals surface area contributed by atoms with Crippen molar-refractivity contribution in [3.63, 3.8) is 0 Å². The third-order valence-corrected chi connectivity index (χ3v) is 3.03. The van der Waals surface area contributed by atoms with Crippen LogP contribution in [0.4, 0.5) is 5.69 Å². The highest BCUT2D eigenvalue weighted by Gasteiger charge is 2.15. The van der Waals surface area contributed by atoms with Gasteiger partial charge < -0.3 is 14.5 Å². The first-order valence-electron chi connectivity index (χ1n) is 7.02. The fraction of sp³-hybridized carbons (Fsp3) is 0.400. The number of para-hydroxylation sites is 1. The number of carboxylic acid groups (broad SMARTS) is 1. The van der Waals surface area contributed by atoms with E-state index >= 15 is 0 Å². The van der Waals surface area contributed by atoms with Crippen LogP contribution in [0.2, 0.25) is 0 Å². The molecule has 6 nitrogen and oxygen atoms in total. The van der Waals surface area contributed by atoms with Crippen LogP contribution in [-0.2, 0) is 17.8 Å². The molecule has 1 N–H and O–H groups in total. The van der Waals surface area contributed by atoms with E-state index in [0.717, 1.165) is 24.9 Å². The number of benzene rings is 1. The number of hydrogen-bond acceptors (Lipinski definition) is 5. The zero-order valence-electron chi connectivity index (χ0n) is 12.0. The number of aryl methyl sites for hydroxylation is 1. The molecule has 21 heavy (non-hydrogen) atoms. The van der Waals surface area contributed by atoms with E-state index < -0.39 is 5.97 Å². The second-order valence-electron chi connectivity index (χ2n) is 4.79. The Labute approximate surface area is 123 Å². The predicted molar refractivity (Wildman–Crippen MR) is 78.0 cm³/mol. The first-order chi connectivity index (χ1) is 10.2. The van der Waals surface area contributed by atoms with Gasteiger partial charge >= 0.3 is 5.97 Å². The second kappa shape index (κ2) is 7.42. The van der Waals surface area contributed by atoms with Crippen LogP contribution in [0.25, 0.3) is 0 Å². The zero-order valence-corrected chi connectivity index (χ0v) is 12.0. The smallest absolute Gasteiger partial charge is 0.323 e. The lowest BCUT2D eigenvalue weighted by Gasteiger charge is -2.20. The van der Waals surface area contributed by atoms with Crippen molar-refractivity contribution in [3.8, 4) is 0 Å². The molecule has 1 aromatic carbocycles. The van der Waals surface area contributed by atoms with Crippen molar-refractivity contribution < 1.29 is 14.4 Å². The number of aromatic nitrogens is 2. The molecule has 0 aliphatic rings. The van der Waals surface area contributed by atoms with Gasteiger partial charge in [0.2, 0.25) is 5.89 Å². The largest absolute Gasteiger partial charge is 0.480 e. The summed E-state index contributed by atoms with van der Waals surface area (Å²) in [5, 5.41) is 13.0. The summed E-state index contributed by atoms with van der Waals surface area (Å²) in [5.41, 5.74) is 0.819. The fourth-order valence-corrected chi connectivity index (χ4v) is 2.00. The highest BCUT2D eigenvalue weighted by molar-refractivity contribution is 5.73. The number of rotatable bonds is 8. The third-order valence-electron chi connectivity index (χ3n) is 3.03. The van der Waals surface area contributed by atoms with E-state index in [4.69, 9.17) is 9.63 Å². The summed E-state index contributed by atoms with van der Waals surface area (Å²) in [5.74, 6) is 0.218. The highest BCUT2D eigenvalue weighted by atomic mass is 16.5. The van der Waals surface area contributed by atoms with E-state index in [-0.39, 0.29) is 6.54 Å². The van der Waals surface area contributed by atoms with Crippen molar-refractivity contribution >= 4 is 11.7 Å². The molecular formula is C15H19N3O3. The van der Waals surface area contributed by atoms with Crippen molar-refractivity contribution in [1.29, 1.82) is 0 Å². The maximum absolute atomic E-state index is 11.0. The van der Waals surface area contributed by atoms with Crippen molar-refractivity contribution in [2.45, 2.75) is 32.7 Å². The van der Waals surface area contributed by atoms with E-state index in [1.165, 1.54) is 0 Å². The number of carboxylic acids is 1. The summed E-state index contributed by atoms with van der Waals surface area (Å²) >= 11 is 0. The van der Waals surface area contributed by atoms with Crippen molar-refractivity contribution in [3.05, 3.63) is 42.0 Å². The molecule has 1 heterocycles. The summed E-state index contributed by atoms with van der Waals surface area (Å²) in [4.78, 5) is 17.0. The molecule has 0 aliphatic heterocycles. The van der Waals surface area contributed by atoms with Gasteiger partial charge in [-0.15, -0.1) is 0 Å². The average molecular weight is 289 g/mol. The lowest BCUT2D eigenvalue weighted by atomic mass is 10.2. The van der Waals surface area contributed by atoms with Gasteiger partial charge in [-0.3, -0.25) is 4.79 Å². The van der Waals surface area contributed by atoms with Gasteiger partial charge in [0.25, 0.3) is 0 Å². The molecule has 0 atom stereocenters. The lowest BCUT2D eigenvalue weighted by molar-refractivity contribution is -0.135. The minimum Gasteiger partial charge on any atom is -0.480 e. The Morgan fingerprint density at radius 1 is 1.33 bits per heavy atom. The molecule has 0 unspecified atom stereocenters. The standard InChI is InChI=1S/C15H19N3O3/c1-2-3-9-14-16-13(17-21-14)10-18(11-15(19)20)12-7-5-4-6-8-12/h4-8H,2-3,9-11H2,1H3,(H,19,20). The molecular weight excluding hydrogens is 270 g/mol.